The summed E-state index contributed by atoms with van der Waals surface area (Å²) in [7, 11) is -3.64. The van der Waals surface area contributed by atoms with Crippen molar-refractivity contribution in [3.05, 3.63) is 35.9 Å². The standard InChI is InChI=1S/C12H19O3P/c1-4-12(3,16(13,14)15-5-2)11-9-7-6-8-10-11/h6-10H,4-5H2,1-3H3,(H,13,14). The average Bonchev–Trinajstić information content (AvgIpc) is 2.29. The Labute approximate surface area is 97.0 Å². The third kappa shape index (κ3) is 2.37. The molecule has 0 heterocycles. The Morgan fingerprint density at radius 2 is 1.88 bits per heavy atom. The molecule has 0 aromatic heterocycles. The zero-order valence-corrected chi connectivity index (χ0v) is 10.9. The molecule has 0 radical (unpaired) electrons. The van der Waals surface area contributed by atoms with Gasteiger partial charge in [0.25, 0.3) is 0 Å². The summed E-state index contributed by atoms with van der Waals surface area (Å²) in [6.45, 7) is 5.65. The summed E-state index contributed by atoms with van der Waals surface area (Å²) >= 11 is 0. The molecular formula is C12H19O3P. The second kappa shape index (κ2) is 5.13. The van der Waals surface area contributed by atoms with E-state index in [9.17, 15) is 9.46 Å². The van der Waals surface area contributed by atoms with Crippen LogP contribution in [0.1, 0.15) is 32.8 Å². The molecule has 1 N–H and O–H groups in total. The molecule has 4 heteroatoms. The van der Waals surface area contributed by atoms with Crippen LogP contribution in [0.25, 0.3) is 0 Å². The molecule has 2 atom stereocenters. The molecule has 0 aliphatic carbocycles. The number of hydrogen-bond acceptors (Lipinski definition) is 2. The molecule has 2 unspecified atom stereocenters. The number of benzene rings is 1. The van der Waals surface area contributed by atoms with E-state index in [4.69, 9.17) is 4.52 Å². The second-order valence-electron chi connectivity index (χ2n) is 3.93. The van der Waals surface area contributed by atoms with Crippen LogP contribution >= 0.6 is 7.60 Å². The Balaban J connectivity index is 3.17. The van der Waals surface area contributed by atoms with Crippen molar-refractivity contribution in [3.8, 4) is 0 Å². The molecule has 1 aromatic rings. The lowest BCUT2D eigenvalue weighted by molar-refractivity contribution is 0.246. The molecule has 3 nitrogen and oxygen atoms in total. The van der Waals surface area contributed by atoms with Crippen molar-refractivity contribution in [1.29, 1.82) is 0 Å². The van der Waals surface area contributed by atoms with Gasteiger partial charge in [-0.05, 0) is 25.8 Å². The Bertz CT molecular complexity index is 377. The van der Waals surface area contributed by atoms with Crippen molar-refractivity contribution >= 4 is 7.60 Å². The van der Waals surface area contributed by atoms with Gasteiger partial charge < -0.3 is 9.42 Å². The van der Waals surface area contributed by atoms with Crippen LogP contribution < -0.4 is 0 Å². The van der Waals surface area contributed by atoms with Gasteiger partial charge in [-0.3, -0.25) is 4.57 Å². The lowest BCUT2D eigenvalue weighted by Crippen LogP contribution is -2.22. The molecule has 0 bridgehead atoms. The molecule has 16 heavy (non-hydrogen) atoms. The molecule has 0 fully saturated rings. The fourth-order valence-electron chi connectivity index (χ4n) is 1.68. The predicted molar refractivity (Wildman–Crippen MR) is 65.5 cm³/mol. The number of rotatable bonds is 5. The van der Waals surface area contributed by atoms with E-state index >= 15 is 0 Å². The van der Waals surface area contributed by atoms with E-state index < -0.39 is 12.8 Å². The van der Waals surface area contributed by atoms with E-state index in [-0.39, 0.29) is 6.61 Å². The molecule has 0 spiro atoms. The highest BCUT2D eigenvalue weighted by molar-refractivity contribution is 7.54. The lowest BCUT2D eigenvalue weighted by atomic mass is 9.98. The Hall–Kier alpha value is -0.630. The molecule has 0 saturated heterocycles. The Kier molecular flexibility index (Phi) is 4.31. The third-order valence-corrected chi connectivity index (χ3v) is 5.44. The quantitative estimate of drug-likeness (QED) is 0.803. The van der Waals surface area contributed by atoms with Gasteiger partial charge >= 0.3 is 7.60 Å². The molecule has 1 aromatic carbocycles. The normalized spacial score (nSPS) is 18.8. The van der Waals surface area contributed by atoms with Crippen LogP contribution in [0.3, 0.4) is 0 Å². The van der Waals surface area contributed by atoms with Crippen LogP contribution in [-0.4, -0.2) is 11.5 Å². The first-order valence-electron chi connectivity index (χ1n) is 5.51. The Morgan fingerprint density at radius 3 is 2.31 bits per heavy atom. The summed E-state index contributed by atoms with van der Waals surface area (Å²) in [6, 6.07) is 9.36. The molecule has 90 valence electrons. The van der Waals surface area contributed by atoms with Crippen LogP contribution in [-0.2, 0) is 14.2 Å². The van der Waals surface area contributed by atoms with Crippen molar-refractivity contribution in [2.24, 2.45) is 0 Å². The molecule has 1 rings (SSSR count). The van der Waals surface area contributed by atoms with E-state index in [1.165, 1.54) is 0 Å². The predicted octanol–water partition coefficient (Wildman–Crippen LogP) is 3.53. The highest BCUT2D eigenvalue weighted by atomic mass is 31.2. The maximum absolute atomic E-state index is 12.2. The van der Waals surface area contributed by atoms with Crippen molar-refractivity contribution in [2.75, 3.05) is 6.61 Å². The second-order valence-corrected chi connectivity index (χ2v) is 6.22. The SMILES string of the molecule is CCOP(=O)(O)C(C)(CC)c1ccccc1. The van der Waals surface area contributed by atoms with Gasteiger partial charge in [-0.1, -0.05) is 37.3 Å². The zero-order chi connectivity index (χ0) is 12.2. The maximum Gasteiger partial charge on any atom is 0.338 e. The van der Waals surface area contributed by atoms with Crippen molar-refractivity contribution in [1.82, 2.24) is 0 Å². The first kappa shape index (κ1) is 13.4. The summed E-state index contributed by atoms with van der Waals surface area (Å²) < 4.78 is 17.3. The minimum absolute atomic E-state index is 0.246. The van der Waals surface area contributed by atoms with Gasteiger partial charge in [-0.25, -0.2) is 0 Å². The molecular weight excluding hydrogens is 223 g/mol. The van der Waals surface area contributed by atoms with Gasteiger partial charge in [-0.2, -0.15) is 0 Å². The fourth-order valence-corrected chi connectivity index (χ4v) is 3.19. The van der Waals surface area contributed by atoms with Crippen LogP contribution in [0, 0.1) is 0 Å². The van der Waals surface area contributed by atoms with E-state index in [2.05, 4.69) is 0 Å². The Morgan fingerprint density at radius 1 is 1.31 bits per heavy atom. The van der Waals surface area contributed by atoms with Gasteiger partial charge in [0.05, 0.1) is 11.8 Å². The highest BCUT2D eigenvalue weighted by Crippen LogP contribution is 2.62. The number of hydrogen-bond donors (Lipinski definition) is 1. The molecule has 0 aliphatic heterocycles. The summed E-state index contributed by atoms with van der Waals surface area (Å²) in [4.78, 5) is 10.0. The van der Waals surface area contributed by atoms with Crippen molar-refractivity contribution in [2.45, 2.75) is 32.3 Å². The van der Waals surface area contributed by atoms with Crippen molar-refractivity contribution in [3.63, 3.8) is 0 Å². The zero-order valence-electron chi connectivity index (χ0n) is 10.0. The third-order valence-electron chi connectivity index (χ3n) is 3.01. The maximum atomic E-state index is 12.2. The summed E-state index contributed by atoms with van der Waals surface area (Å²) in [6.07, 6.45) is 0.560. The first-order valence-corrected chi connectivity index (χ1v) is 7.08. The topological polar surface area (TPSA) is 46.5 Å². The van der Waals surface area contributed by atoms with Gasteiger partial charge in [0.2, 0.25) is 0 Å². The fraction of sp³-hybridized carbons (Fsp3) is 0.500. The monoisotopic (exact) mass is 242 g/mol. The summed E-state index contributed by atoms with van der Waals surface area (Å²) in [5, 5.41) is -0.829. The molecule has 0 saturated carbocycles. The largest absolute Gasteiger partial charge is 0.338 e. The van der Waals surface area contributed by atoms with Gasteiger partial charge in [0.15, 0.2) is 0 Å². The minimum atomic E-state index is -3.64. The summed E-state index contributed by atoms with van der Waals surface area (Å²) in [5.74, 6) is 0. The summed E-state index contributed by atoms with van der Waals surface area (Å²) in [5.41, 5.74) is 0.844. The van der Waals surface area contributed by atoms with Gasteiger partial charge in [0.1, 0.15) is 0 Å². The smallest absolute Gasteiger partial charge is 0.324 e. The lowest BCUT2D eigenvalue weighted by Gasteiger charge is -2.32. The van der Waals surface area contributed by atoms with Crippen LogP contribution in [0.4, 0.5) is 0 Å². The van der Waals surface area contributed by atoms with Crippen LogP contribution in [0.5, 0.6) is 0 Å². The highest BCUT2D eigenvalue weighted by Gasteiger charge is 2.44. The van der Waals surface area contributed by atoms with Crippen molar-refractivity contribution < 1.29 is 14.0 Å². The van der Waals surface area contributed by atoms with E-state index in [1.807, 2.05) is 37.3 Å². The van der Waals surface area contributed by atoms with Crippen LogP contribution in [0.2, 0.25) is 0 Å². The van der Waals surface area contributed by atoms with E-state index in [1.54, 1.807) is 13.8 Å². The van der Waals surface area contributed by atoms with E-state index in [0.717, 1.165) is 5.56 Å². The molecule has 0 amide bonds. The molecule has 0 aliphatic rings. The minimum Gasteiger partial charge on any atom is -0.324 e. The van der Waals surface area contributed by atoms with Crippen LogP contribution in [0.15, 0.2) is 30.3 Å². The van der Waals surface area contributed by atoms with E-state index in [0.29, 0.717) is 6.42 Å². The van der Waals surface area contributed by atoms with Gasteiger partial charge in [0, 0.05) is 0 Å². The van der Waals surface area contributed by atoms with Gasteiger partial charge in [-0.15, -0.1) is 0 Å². The first-order chi connectivity index (χ1) is 7.48. The average molecular weight is 242 g/mol.